The number of nitrogens with one attached hydrogen (secondary N) is 2. The molecule has 2 N–H and O–H groups in total. The van der Waals surface area contributed by atoms with Gasteiger partial charge >= 0.3 is 6.03 Å². The van der Waals surface area contributed by atoms with E-state index in [1.54, 1.807) is 0 Å². The Labute approximate surface area is 157 Å². The molecule has 0 fully saturated rings. The van der Waals surface area contributed by atoms with E-state index in [0.29, 0.717) is 5.02 Å². The first-order valence-electron chi connectivity index (χ1n) is 8.70. The highest BCUT2D eigenvalue weighted by molar-refractivity contribution is 7.90. The van der Waals surface area contributed by atoms with Crippen molar-refractivity contribution in [3.63, 3.8) is 0 Å². The molecule has 0 bridgehead atoms. The molecule has 0 atom stereocenters. The second kappa shape index (κ2) is 6.59. The topological polar surface area (TPSA) is 75.3 Å². The number of hydrogen-bond acceptors (Lipinski definition) is 3. The van der Waals surface area contributed by atoms with Crippen LogP contribution in [0.1, 0.15) is 35.1 Å². The maximum Gasteiger partial charge on any atom is 0.333 e. The summed E-state index contributed by atoms with van der Waals surface area (Å²) in [4.78, 5) is 12.4. The molecule has 7 heteroatoms. The van der Waals surface area contributed by atoms with E-state index in [0.717, 1.165) is 55.3 Å². The Morgan fingerprint density at radius 2 is 1.50 bits per heavy atom. The molecule has 2 aromatic carbocycles. The van der Waals surface area contributed by atoms with Crippen molar-refractivity contribution in [3.05, 3.63) is 57.6 Å². The molecule has 0 saturated carbocycles. The average Bonchev–Trinajstić information content (AvgIpc) is 3.23. The van der Waals surface area contributed by atoms with Crippen LogP contribution in [0, 0.1) is 0 Å². The number of hydrogen-bond donors (Lipinski definition) is 2. The number of benzene rings is 2. The Kier molecular flexibility index (Phi) is 4.40. The van der Waals surface area contributed by atoms with Crippen LogP contribution in [0.2, 0.25) is 5.02 Å². The first kappa shape index (κ1) is 17.4. The molecule has 26 heavy (non-hydrogen) atoms. The fourth-order valence-corrected chi connectivity index (χ4v) is 4.93. The predicted molar refractivity (Wildman–Crippen MR) is 101 cm³/mol. The standard InChI is InChI=1S/C19H19ClN2O3S/c20-14-7-9-15(10-8-14)26(24,25)22-19(23)21-18-16-5-1-3-12(16)11-13-4-2-6-17(13)18/h7-11H,1-6H2,(H2,21,22,23). The lowest BCUT2D eigenvalue weighted by molar-refractivity contribution is 0.256. The first-order valence-corrected chi connectivity index (χ1v) is 10.6. The molecule has 2 amide bonds. The minimum Gasteiger partial charge on any atom is -0.307 e. The first-order chi connectivity index (χ1) is 12.4. The minimum absolute atomic E-state index is 0.000527. The summed E-state index contributed by atoms with van der Waals surface area (Å²) in [5.41, 5.74) is 5.69. The van der Waals surface area contributed by atoms with Crippen molar-refractivity contribution in [2.24, 2.45) is 0 Å². The molecule has 0 heterocycles. The van der Waals surface area contributed by atoms with Crippen LogP contribution in [-0.4, -0.2) is 14.4 Å². The van der Waals surface area contributed by atoms with Crippen LogP contribution in [0.5, 0.6) is 0 Å². The maximum absolute atomic E-state index is 12.4. The maximum atomic E-state index is 12.4. The van der Waals surface area contributed by atoms with Gasteiger partial charge < -0.3 is 5.32 Å². The summed E-state index contributed by atoms with van der Waals surface area (Å²) in [5, 5.41) is 3.26. The van der Waals surface area contributed by atoms with Gasteiger partial charge in [0, 0.05) is 10.7 Å². The van der Waals surface area contributed by atoms with Crippen LogP contribution in [-0.2, 0) is 35.7 Å². The van der Waals surface area contributed by atoms with Crippen LogP contribution in [0.4, 0.5) is 10.5 Å². The molecule has 2 aromatic rings. The van der Waals surface area contributed by atoms with Crippen molar-refractivity contribution < 1.29 is 13.2 Å². The van der Waals surface area contributed by atoms with E-state index in [-0.39, 0.29) is 4.90 Å². The highest BCUT2D eigenvalue weighted by Crippen LogP contribution is 2.38. The van der Waals surface area contributed by atoms with Crippen LogP contribution in [0.3, 0.4) is 0 Å². The SMILES string of the molecule is O=C(Nc1c2c(cc3c1CCC3)CCC2)NS(=O)(=O)c1ccc(Cl)cc1. The molecule has 0 radical (unpaired) electrons. The quantitative estimate of drug-likeness (QED) is 0.836. The molecule has 2 aliphatic carbocycles. The van der Waals surface area contributed by atoms with Crippen LogP contribution < -0.4 is 10.0 Å². The van der Waals surface area contributed by atoms with Gasteiger partial charge in [0.15, 0.2) is 0 Å². The van der Waals surface area contributed by atoms with Gasteiger partial charge in [0.05, 0.1) is 4.90 Å². The zero-order chi connectivity index (χ0) is 18.3. The highest BCUT2D eigenvalue weighted by Gasteiger charge is 2.26. The molecular weight excluding hydrogens is 372 g/mol. The second-order valence-corrected chi connectivity index (χ2v) is 8.87. The zero-order valence-electron chi connectivity index (χ0n) is 14.1. The van der Waals surface area contributed by atoms with Gasteiger partial charge in [-0.25, -0.2) is 17.9 Å². The van der Waals surface area contributed by atoms with Gasteiger partial charge in [0.1, 0.15) is 0 Å². The molecule has 0 spiro atoms. The average molecular weight is 391 g/mol. The number of urea groups is 1. The molecule has 0 saturated heterocycles. The summed E-state index contributed by atoms with van der Waals surface area (Å²) in [6, 6.07) is 7.23. The van der Waals surface area contributed by atoms with Gasteiger partial charge in [0.25, 0.3) is 10.0 Å². The smallest absolute Gasteiger partial charge is 0.307 e. The van der Waals surface area contributed by atoms with E-state index >= 15 is 0 Å². The lowest BCUT2D eigenvalue weighted by Gasteiger charge is -2.16. The number of sulfonamides is 1. The number of rotatable bonds is 3. The van der Waals surface area contributed by atoms with Gasteiger partial charge in [-0.15, -0.1) is 0 Å². The zero-order valence-corrected chi connectivity index (χ0v) is 15.7. The summed E-state index contributed by atoms with van der Waals surface area (Å²) in [5.74, 6) is 0. The monoisotopic (exact) mass is 390 g/mol. The van der Waals surface area contributed by atoms with E-state index in [2.05, 4.69) is 16.1 Å². The molecule has 136 valence electrons. The molecule has 0 aromatic heterocycles. The van der Waals surface area contributed by atoms with Gasteiger partial charge in [-0.2, -0.15) is 0 Å². The highest BCUT2D eigenvalue weighted by atomic mass is 35.5. The van der Waals surface area contributed by atoms with Gasteiger partial charge in [0.2, 0.25) is 0 Å². The summed E-state index contributed by atoms with van der Waals surface area (Å²) >= 11 is 5.79. The number of amides is 2. The summed E-state index contributed by atoms with van der Waals surface area (Å²) in [7, 11) is -3.95. The van der Waals surface area contributed by atoms with Crippen LogP contribution in [0.15, 0.2) is 35.2 Å². The van der Waals surface area contributed by atoms with Crippen molar-refractivity contribution in [2.75, 3.05) is 5.32 Å². The summed E-state index contributed by atoms with van der Waals surface area (Å²) in [6.45, 7) is 0. The van der Waals surface area contributed by atoms with Gasteiger partial charge in [-0.05, 0) is 85.0 Å². The van der Waals surface area contributed by atoms with Crippen molar-refractivity contribution in [3.8, 4) is 0 Å². The third-order valence-electron chi connectivity index (χ3n) is 5.06. The van der Waals surface area contributed by atoms with Crippen molar-refractivity contribution >= 4 is 33.3 Å². The van der Waals surface area contributed by atoms with E-state index in [1.807, 2.05) is 0 Å². The van der Waals surface area contributed by atoms with Crippen LogP contribution >= 0.6 is 11.6 Å². The van der Waals surface area contributed by atoms with Crippen molar-refractivity contribution in [1.82, 2.24) is 4.72 Å². The number of carbonyl (C=O) groups is 1. The van der Waals surface area contributed by atoms with Crippen molar-refractivity contribution in [2.45, 2.75) is 43.4 Å². The molecular formula is C19H19ClN2O3S. The van der Waals surface area contributed by atoms with E-state index in [1.165, 1.54) is 35.4 Å². The number of carbonyl (C=O) groups excluding carboxylic acids is 1. The number of anilines is 1. The number of fused-ring (bicyclic) bond motifs is 2. The summed E-state index contributed by atoms with van der Waals surface area (Å²) in [6.07, 6.45) is 6.00. The number of halogens is 1. The minimum atomic E-state index is -3.95. The molecule has 0 aliphatic heterocycles. The molecule has 2 aliphatic rings. The Balaban J connectivity index is 1.59. The third-order valence-corrected chi connectivity index (χ3v) is 6.66. The molecule has 4 rings (SSSR count). The van der Waals surface area contributed by atoms with E-state index < -0.39 is 16.1 Å². The largest absolute Gasteiger partial charge is 0.333 e. The van der Waals surface area contributed by atoms with Crippen molar-refractivity contribution in [1.29, 1.82) is 0 Å². The Bertz CT molecular complexity index is 953. The third kappa shape index (κ3) is 3.19. The second-order valence-electron chi connectivity index (χ2n) is 6.75. The predicted octanol–water partition coefficient (Wildman–Crippen LogP) is 3.83. The van der Waals surface area contributed by atoms with E-state index in [9.17, 15) is 13.2 Å². The van der Waals surface area contributed by atoms with Gasteiger partial charge in [-0.3, -0.25) is 0 Å². The normalized spacial score (nSPS) is 15.4. The molecule has 5 nitrogen and oxygen atoms in total. The lowest BCUT2D eigenvalue weighted by Crippen LogP contribution is -2.35. The summed E-state index contributed by atoms with van der Waals surface area (Å²) < 4.78 is 26.9. The van der Waals surface area contributed by atoms with E-state index in [4.69, 9.17) is 11.6 Å². The Morgan fingerprint density at radius 1 is 0.923 bits per heavy atom. The fraction of sp³-hybridized carbons (Fsp3) is 0.316. The lowest BCUT2D eigenvalue weighted by atomic mass is 9.99. The number of aryl methyl sites for hydroxylation is 2. The Hall–Kier alpha value is -2.05. The van der Waals surface area contributed by atoms with Crippen LogP contribution in [0.25, 0.3) is 0 Å². The van der Waals surface area contributed by atoms with Gasteiger partial charge in [-0.1, -0.05) is 17.7 Å². The molecule has 0 unspecified atom stereocenters. The Morgan fingerprint density at radius 3 is 2.08 bits per heavy atom. The fourth-order valence-electron chi connectivity index (χ4n) is 3.90.